The first kappa shape index (κ1) is 19.7. The van der Waals surface area contributed by atoms with Gasteiger partial charge >= 0.3 is 0 Å². The van der Waals surface area contributed by atoms with E-state index in [4.69, 9.17) is 16.6 Å². The molecule has 8 heteroatoms. The van der Waals surface area contributed by atoms with Gasteiger partial charge in [0.2, 0.25) is 0 Å². The van der Waals surface area contributed by atoms with Crippen molar-refractivity contribution in [1.82, 2.24) is 15.2 Å². The SMILES string of the molecule is O=[N+]([O-])c1ccc(-c2ccc([C@@H]3[C@@H](c4ccccn4)NC(=S)N3C3CCCC3)o2)cc1. The zero-order valence-electron chi connectivity index (χ0n) is 16.8. The standard InChI is InChI=1S/C23H22N4O3S/c28-27(29)17-10-8-15(9-11-17)19-12-13-20(30-19)22-21(18-7-3-4-14-24-18)25-23(31)26(22)16-5-1-2-6-16/h3-4,7-14,16,21-22H,1-2,5-6H2,(H,25,31)/t21-,22-/m1/s1. The smallest absolute Gasteiger partial charge is 0.269 e. The van der Waals surface area contributed by atoms with Gasteiger partial charge in [0.25, 0.3) is 5.69 Å². The Hall–Kier alpha value is -3.26. The summed E-state index contributed by atoms with van der Waals surface area (Å²) in [5, 5.41) is 15.2. The van der Waals surface area contributed by atoms with Crippen molar-refractivity contribution in [3.05, 3.63) is 82.4 Å². The van der Waals surface area contributed by atoms with Crippen molar-refractivity contribution in [3.63, 3.8) is 0 Å². The van der Waals surface area contributed by atoms with E-state index in [1.165, 1.54) is 25.0 Å². The normalized spacial score (nSPS) is 21.4. The summed E-state index contributed by atoms with van der Waals surface area (Å²) < 4.78 is 6.30. The molecule has 158 valence electrons. The maximum atomic E-state index is 10.9. The average molecular weight is 435 g/mol. The van der Waals surface area contributed by atoms with Crippen LogP contribution in [-0.2, 0) is 0 Å². The first-order chi connectivity index (χ1) is 15.1. The number of thiocarbonyl (C=S) groups is 1. The first-order valence-corrected chi connectivity index (χ1v) is 10.9. The fraction of sp³-hybridized carbons (Fsp3) is 0.304. The Kier molecular flexibility index (Phi) is 5.15. The van der Waals surface area contributed by atoms with Gasteiger partial charge in [0.1, 0.15) is 17.6 Å². The number of nitro groups is 1. The molecule has 1 aromatic carbocycles. The number of hydrogen-bond acceptors (Lipinski definition) is 5. The molecule has 0 amide bonds. The van der Waals surface area contributed by atoms with Gasteiger partial charge in [-0.2, -0.15) is 0 Å². The predicted molar refractivity (Wildman–Crippen MR) is 120 cm³/mol. The minimum atomic E-state index is -0.403. The van der Waals surface area contributed by atoms with Crippen LogP contribution in [-0.4, -0.2) is 26.0 Å². The molecule has 1 aliphatic heterocycles. The van der Waals surface area contributed by atoms with Gasteiger partial charge in [0.05, 0.1) is 16.7 Å². The number of benzene rings is 1. The number of furan rings is 1. The van der Waals surface area contributed by atoms with Crippen molar-refractivity contribution >= 4 is 23.0 Å². The molecule has 7 nitrogen and oxygen atoms in total. The molecule has 5 rings (SSSR count). The van der Waals surface area contributed by atoms with Gasteiger partial charge in [-0.15, -0.1) is 0 Å². The maximum Gasteiger partial charge on any atom is 0.269 e. The van der Waals surface area contributed by atoms with Gasteiger partial charge in [-0.25, -0.2) is 0 Å². The predicted octanol–water partition coefficient (Wildman–Crippen LogP) is 5.16. The van der Waals surface area contributed by atoms with E-state index in [1.807, 2.05) is 30.3 Å². The Bertz CT molecular complexity index is 1090. The fourth-order valence-electron chi connectivity index (χ4n) is 4.66. The van der Waals surface area contributed by atoms with Crippen LogP contribution in [0.15, 0.2) is 65.2 Å². The molecule has 2 fully saturated rings. The number of non-ortho nitro benzene ring substituents is 1. The summed E-state index contributed by atoms with van der Waals surface area (Å²) in [6.07, 6.45) is 6.43. The van der Waals surface area contributed by atoms with Crippen molar-refractivity contribution in [1.29, 1.82) is 0 Å². The van der Waals surface area contributed by atoms with Gasteiger partial charge in [-0.3, -0.25) is 15.1 Å². The summed E-state index contributed by atoms with van der Waals surface area (Å²) in [5.41, 5.74) is 1.78. The van der Waals surface area contributed by atoms with Crippen molar-refractivity contribution in [2.24, 2.45) is 0 Å². The summed E-state index contributed by atoms with van der Waals surface area (Å²) >= 11 is 5.75. The van der Waals surface area contributed by atoms with E-state index < -0.39 is 4.92 Å². The number of pyridine rings is 1. The quantitative estimate of drug-likeness (QED) is 0.337. The molecule has 2 aromatic heterocycles. The van der Waals surface area contributed by atoms with E-state index in [-0.39, 0.29) is 17.8 Å². The Morgan fingerprint density at radius 3 is 2.55 bits per heavy atom. The monoisotopic (exact) mass is 434 g/mol. The molecule has 0 unspecified atom stereocenters. The van der Waals surface area contributed by atoms with E-state index >= 15 is 0 Å². The Morgan fingerprint density at radius 2 is 1.87 bits per heavy atom. The molecule has 1 saturated carbocycles. The molecule has 31 heavy (non-hydrogen) atoms. The van der Waals surface area contributed by atoms with Crippen LogP contribution in [0.1, 0.15) is 49.2 Å². The molecule has 1 N–H and O–H groups in total. The first-order valence-electron chi connectivity index (χ1n) is 10.5. The molecule has 2 aliphatic rings. The maximum absolute atomic E-state index is 10.9. The van der Waals surface area contributed by atoms with E-state index in [9.17, 15) is 10.1 Å². The molecule has 0 bridgehead atoms. The van der Waals surface area contributed by atoms with Crippen molar-refractivity contribution in [3.8, 4) is 11.3 Å². The number of hydrogen-bond donors (Lipinski definition) is 1. The molecule has 0 radical (unpaired) electrons. The highest BCUT2D eigenvalue weighted by Gasteiger charge is 2.45. The molecule has 1 aliphatic carbocycles. The van der Waals surface area contributed by atoms with Crippen LogP contribution in [0.5, 0.6) is 0 Å². The summed E-state index contributed by atoms with van der Waals surface area (Å²) in [4.78, 5) is 17.4. The van der Waals surface area contributed by atoms with Crippen LogP contribution in [0.25, 0.3) is 11.3 Å². The van der Waals surface area contributed by atoms with E-state index in [2.05, 4.69) is 15.2 Å². The zero-order valence-corrected chi connectivity index (χ0v) is 17.6. The number of nitrogens with zero attached hydrogens (tertiary/aromatic N) is 3. The molecular weight excluding hydrogens is 412 g/mol. The molecular formula is C23H22N4O3S. The van der Waals surface area contributed by atoms with Crippen LogP contribution in [0.4, 0.5) is 5.69 Å². The third-order valence-electron chi connectivity index (χ3n) is 6.13. The second-order valence-corrected chi connectivity index (χ2v) is 8.36. The number of aromatic nitrogens is 1. The highest BCUT2D eigenvalue weighted by molar-refractivity contribution is 7.80. The van der Waals surface area contributed by atoms with Crippen LogP contribution >= 0.6 is 12.2 Å². The topological polar surface area (TPSA) is 84.4 Å². The highest BCUT2D eigenvalue weighted by Crippen LogP contribution is 2.44. The van der Waals surface area contributed by atoms with Gasteiger partial charge in [0.15, 0.2) is 5.11 Å². The number of nitrogens with one attached hydrogen (secondary N) is 1. The zero-order chi connectivity index (χ0) is 21.4. The van der Waals surface area contributed by atoms with Crippen molar-refractivity contribution < 1.29 is 9.34 Å². The summed E-state index contributed by atoms with van der Waals surface area (Å²) in [6.45, 7) is 0. The van der Waals surface area contributed by atoms with Crippen LogP contribution < -0.4 is 5.32 Å². The lowest BCUT2D eigenvalue weighted by Gasteiger charge is -2.31. The molecule has 1 saturated heterocycles. The lowest BCUT2D eigenvalue weighted by Crippen LogP contribution is -2.37. The number of rotatable bonds is 5. The van der Waals surface area contributed by atoms with Gasteiger partial charge in [-0.05, 0) is 61.5 Å². The molecule has 0 spiro atoms. The van der Waals surface area contributed by atoms with Gasteiger partial charge < -0.3 is 14.6 Å². The third-order valence-corrected chi connectivity index (χ3v) is 6.46. The highest BCUT2D eigenvalue weighted by atomic mass is 32.1. The minimum Gasteiger partial charge on any atom is -0.459 e. The second-order valence-electron chi connectivity index (χ2n) is 7.98. The van der Waals surface area contributed by atoms with Crippen LogP contribution in [0, 0.1) is 10.1 Å². The fourth-order valence-corrected chi connectivity index (χ4v) is 5.05. The second kappa shape index (κ2) is 8.11. The number of nitro benzene ring substituents is 1. The van der Waals surface area contributed by atoms with Gasteiger partial charge in [-0.1, -0.05) is 18.9 Å². The van der Waals surface area contributed by atoms with Crippen LogP contribution in [0.3, 0.4) is 0 Å². The summed E-state index contributed by atoms with van der Waals surface area (Å²) in [5.74, 6) is 1.48. The van der Waals surface area contributed by atoms with Crippen molar-refractivity contribution in [2.45, 2.75) is 43.8 Å². The lowest BCUT2D eigenvalue weighted by molar-refractivity contribution is -0.384. The Balaban J connectivity index is 1.51. The largest absolute Gasteiger partial charge is 0.459 e. The Labute approximate surface area is 185 Å². The minimum absolute atomic E-state index is 0.0588. The summed E-state index contributed by atoms with van der Waals surface area (Å²) in [7, 11) is 0. The molecule has 3 aromatic rings. The van der Waals surface area contributed by atoms with Crippen molar-refractivity contribution in [2.75, 3.05) is 0 Å². The lowest BCUT2D eigenvalue weighted by atomic mass is 10.0. The van der Waals surface area contributed by atoms with E-state index in [0.717, 1.165) is 35.0 Å². The Morgan fingerprint density at radius 1 is 1.10 bits per heavy atom. The van der Waals surface area contributed by atoms with E-state index in [1.54, 1.807) is 18.3 Å². The summed E-state index contributed by atoms with van der Waals surface area (Å²) in [6, 6.07) is 16.4. The van der Waals surface area contributed by atoms with E-state index in [0.29, 0.717) is 11.8 Å². The molecule has 2 atom stereocenters. The van der Waals surface area contributed by atoms with Gasteiger partial charge in [0, 0.05) is 29.9 Å². The third kappa shape index (κ3) is 3.67. The van der Waals surface area contributed by atoms with Crippen LogP contribution in [0.2, 0.25) is 0 Å². The average Bonchev–Trinajstić information content (AvgIpc) is 3.54. The molecule has 3 heterocycles.